The summed E-state index contributed by atoms with van der Waals surface area (Å²) in [6.45, 7) is -0.300. The number of hydroxylamine groups is 2. The van der Waals surface area contributed by atoms with E-state index in [4.69, 9.17) is 15.5 Å². The molecule has 1 aromatic heterocycles. The van der Waals surface area contributed by atoms with Crippen molar-refractivity contribution in [2.24, 2.45) is 0 Å². The lowest BCUT2D eigenvalue weighted by Gasteiger charge is -2.22. The maximum atomic E-state index is 10.7. The summed E-state index contributed by atoms with van der Waals surface area (Å²) in [7, 11) is 0. The van der Waals surface area contributed by atoms with Gasteiger partial charge in [-0.15, -0.1) is 0 Å². The summed E-state index contributed by atoms with van der Waals surface area (Å²) in [6.07, 6.45) is 1.14. The van der Waals surface area contributed by atoms with Gasteiger partial charge in [0.25, 0.3) is 0 Å². The average Bonchev–Trinajstić information content (AvgIpc) is 2.35. The van der Waals surface area contributed by atoms with Crippen molar-refractivity contribution >= 4 is 6.09 Å². The molecule has 7 nitrogen and oxygen atoms in total. The van der Waals surface area contributed by atoms with Crippen LogP contribution in [0.3, 0.4) is 0 Å². The van der Waals surface area contributed by atoms with Gasteiger partial charge in [0.1, 0.15) is 6.07 Å². The van der Waals surface area contributed by atoms with Crippen molar-refractivity contribution in [2.75, 3.05) is 6.61 Å². The van der Waals surface area contributed by atoms with Gasteiger partial charge >= 0.3 is 6.09 Å². The van der Waals surface area contributed by atoms with Crippen molar-refractivity contribution < 1.29 is 20.2 Å². The largest absolute Gasteiger partial charge is 0.463 e. The third-order valence-corrected chi connectivity index (χ3v) is 2.17. The van der Waals surface area contributed by atoms with Crippen molar-refractivity contribution in [3.63, 3.8) is 0 Å². The molecule has 1 atom stereocenters. The van der Waals surface area contributed by atoms with Crippen molar-refractivity contribution in [1.82, 2.24) is 10.0 Å². The van der Waals surface area contributed by atoms with Crippen LogP contribution in [-0.2, 0) is 0 Å². The molecule has 0 saturated carbocycles. The lowest BCUT2D eigenvalue weighted by Crippen LogP contribution is -2.31. The predicted molar refractivity (Wildman–Crippen MR) is 55.0 cm³/mol. The number of rotatable bonds is 4. The standard InChI is InChI=1S/C10H11N3O4/c11-4-7-3-8(6-12-5-7)9(1-2-14)13(17)10(15)16/h3,5-6,9,14,17H,1-2H2,(H,15,16). The van der Waals surface area contributed by atoms with Gasteiger partial charge in [0.2, 0.25) is 0 Å². The van der Waals surface area contributed by atoms with E-state index in [1.54, 1.807) is 0 Å². The van der Waals surface area contributed by atoms with Gasteiger partial charge in [0.05, 0.1) is 11.6 Å². The van der Waals surface area contributed by atoms with Crippen LogP contribution >= 0.6 is 0 Å². The number of aromatic nitrogens is 1. The zero-order valence-corrected chi connectivity index (χ0v) is 8.82. The SMILES string of the molecule is N#Cc1cncc(C(CCO)N(O)C(=O)O)c1. The lowest BCUT2D eigenvalue weighted by atomic mass is 10.0. The summed E-state index contributed by atoms with van der Waals surface area (Å²) in [5.41, 5.74) is 0.604. The number of carbonyl (C=O) groups is 1. The van der Waals surface area contributed by atoms with Gasteiger partial charge in [-0.3, -0.25) is 10.2 Å². The Morgan fingerprint density at radius 3 is 2.82 bits per heavy atom. The number of amides is 1. The molecule has 0 spiro atoms. The predicted octanol–water partition coefficient (Wildman–Crippen LogP) is 0.746. The molecule has 0 radical (unpaired) electrons. The second-order valence-corrected chi connectivity index (χ2v) is 3.27. The first kappa shape index (κ1) is 12.9. The van der Waals surface area contributed by atoms with E-state index in [0.29, 0.717) is 5.56 Å². The number of nitriles is 1. The van der Waals surface area contributed by atoms with Crippen LogP contribution in [0.2, 0.25) is 0 Å². The molecule has 1 aromatic rings. The molecule has 0 fully saturated rings. The Morgan fingerprint density at radius 2 is 2.29 bits per heavy atom. The van der Waals surface area contributed by atoms with Crippen LogP contribution in [0.15, 0.2) is 18.5 Å². The van der Waals surface area contributed by atoms with Crippen molar-refractivity contribution in [3.05, 3.63) is 29.6 Å². The molecule has 0 aliphatic rings. The molecule has 0 aliphatic heterocycles. The van der Waals surface area contributed by atoms with Crippen LogP contribution in [0, 0.1) is 11.3 Å². The summed E-state index contributed by atoms with van der Waals surface area (Å²) in [5.74, 6) is 0. The highest BCUT2D eigenvalue weighted by atomic mass is 16.6. The molecule has 90 valence electrons. The van der Waals surface area contributed by atoms with E-state index in [-0.39, 0.29) is 23.7 Å². The number of aliphatic hydroxyl groups is 1. The van der Waals surface area contributed by atoms with Gasteiger partial charge in [0, 0.05) is 19.0 Å². The minimum absolute atomic E-state index is 0.0133. The third kappa shape index (κ3) is 3.14. The number of pyridine rings is 1. The maximum Gasteiger partial charge on any atom is 0.431 e. The molecular weight excluding hydrogens is 226 g/mol. The molecule has 0 aromatic carbocycles. The first-order valence-corrected chi connectivity index (χ1v) is 4.77. The highest BCUT2D eigenvalue weighted by molar-refractivity contribution is 5.64. The van der Waals surface area contributed by atoms with Crippen molar-refractivity contribution in [1.29, 1.82) is 5.26 Å². The summed E-state index contributed by atoms with van der Waals surface area (Å²) < 4.78 is 0. The summed E-state index contributed by atoms with van der Waals surface area (Å²) in [5, 5.41) is 35.6. The molecule has 0 saturated heterocycles. The van der Waals surface area contributed by atoms with E-state index < -0.39 is 12.1 Å². The van der Waals surface area contributed by atoms with Gasteiger partial charge in [0.15, 0.2) is 0 Å². The smallest absolute Gasteiger partial charge is 0.431 e. The molecular formula is C10H11N3O4. The summed E-state index contributed by atoms with van der Waals surface area (Å²) >= 11 is 0. The number of hydrogen-bond acceptors (Lipinski definition) is 5. The first-order valence-electron chi connectivity index (χ1n) is 4.77. The topological polar surface area (TPSA) is 118 Å². The van der Waals surface area contributed by atoms with Gasteiger partial charge in [-0.25, -0.2) is 4.79 Å². The molecule has 1 unspecified atom stereocenters. The molecule has 3 N–H and O–H groups in total. The summed E-state index contributed by atoms with van der Waals surface area (Å²) in [6, 6.07) is 2.33. The minimum Gasteiger partial charge on any atom is -0.463 e. The molecule has 17 heavy (non-hydrogen) atoms. The van der Waals surface area contributed by atoms with E-state index in [2.05, 4.69) is 4.98 Å². The number of nitrogens with zero attached hydrogens (tertiary/aromatic N) is 3. The van der Waals surface area contributed by atoms with Crippen LogP contribution in [-0.4, -0.2) is 38.2 Å². The molecule has 1 rings (SSSR count). The van der Waals surface area contributed by atoms with Crippen LogP contribution in [0.1, 0.15) is 23.6 Å². The Kier molecular flexibility index (Phi) is 4.39. The van der Waals surface area contributed by atoms with Crippen LogP contribution in [0.5, 0.6) is 0 Å². The van der Waals surface area contributed by atoms with Gasteiger partial charge in [-0.1, -0.05) is 0 Å². The zero-order chi connectivity index (χ0) is 12.8. The van der Waals surface area contributed by atoms with Gasteiger partial charge in [-0.2, -0.15) is 10.3 Å². The Morgan fingerprint density at radius 1 is 1.59 bits per heavy atom. The highest BCUT2D eigenvalue weighted by Crippen LogP contribution is 2.22. The Balaban J connectivity index is 3.05. The van der Waals surface area contributed by atoms with E-state index in [1.807, 2.05) is 6.07 Å². The quantitative estimate of drug-likeness (QED) is 0.525. The van der Waals surface area contributed by atoms with Crippen LogP contribution in [0.4, 0.5) is 4.79 Å². The fraction of sp³-hybridized carbons (Fsp3) is 0.300. The maximum absolute atomic E-state index is 10.7. The minimum atomic E-state index is -1.54. The molecule has 7 heteroatoms. The van der Waals surface area contributed by atoms with Gasteiger partial charge in [-0.05, 0) is 18.1 Å². The lowest BCUT2D eigenvalue weighted by molar-refractivity contribution is -0.102. The van der Waals surface area contributed by atoms with Crippen LogP contribution in [0.25, 0.3) is 0 Å². The normalized spacial score (nSPS) is 11.6. The average molecular weight is 237 g/mol. The van der Waals surface area contributed by atoms with Crippen LogP contribution < -0.4 is 0 Å². The van der Waals surface area contributed by atoms with Crippen molar-refractivity contribution in [3.8, 4) is 6.07 Å². The third-order valence-electron chi connectivity index (χ3n) is 2.17. The Hall–Kier alpha value is -2.17. The fourth-order valence-corrected chi connectivity index (χ4v) is 1.39. The summed E-state index contributed by atoms with van der Waals surface area (Å²) in [4.78, 5) is 14.4. The highest BCUT2D eigenvalue weighted by Gasteiger charge is 2.23. The second kappa shape index (κ2) is 5.79. The molecule has 0 aliphatic carbocycles. The zero-order valence-electron chi connectivity index (χ0n) is 8.82. The number of aliphatic hydroxyl groups excluding tert-OH is 1. The molecule has 1 amide bonds. The monoisotopic (exact) mass is 237 g/mol. The first-order chi connectivity index (χ1) is 8.10. The van der Waals surface area contributed by atoms with Gasteiger partial charge < -0.3 is 10.2 Å². The van der Waals surface area contributed by atoms with E-state index in [0.717, 1.165) is 0 Å². The second-order valence-electron chi connectivity index (χ2n) is 3.27. The van der Waals surface area contributed by atoms with Crippen molar-refractivity contribution in [2.45, 2.75) is 12.5 Å². The molecule has 0 bridgehead atoms. The fourth-order valence-electron chi connectivity index (χ4n) is 1.39. The number of hydrogen-bond donors (Lipinski definition) is 3. The number of carboxylic acid groups (broad SMARTS) is 1. The van der Waals surface area contributed by atoms with E-state index >= 15 is 0 Å². The van der Waals surface area contributed by atoms with E-state index in [9.17, 15) is 10.0 Å². The molecule has 1 heterocycles. The van der Waals surface area contributed by atoms with E-state index in [1.165, 1.54) is 18.5 Å². The Labute approximate surface area is 97.1 Å². The Bertz CT molecular complexity index is 443.